The van der Waals surface area contributed by atoms with Gasteiger partial charge in [0.2, 0.25) is 18.3 Å². The van der Waals surface area contributed by atoms with Crippen molar-refractivity contribution in [1.82, 2.24) is 20.6 Å². The number of nitrogens with zero attached hydrogens (tertiary/aromatic N) is 4. The molecule has 0 bridgehead atoms. The number of hydrogen-bond acceptors (Lipinski definition) is 8. The Morgan fingerprint density at radius 1 is 1.19 bits per heavy atom. The summed E-state index contributed by atoms with van der Waals surface area (Å²) in [5.41, 5.74) is 2.69. The van der Waals surface area contributed by atoms with Crippen molar-refractivity contribution < 1.29 is 14.3 Å². The fourth-order valence-electron chi connectivity index (χ4n) is 5.45. The first-order valence-corrected chi connectivity index (χ1v) is 12.9. The number of benzene rings is 1. The molecule has 1 aromatic carbocycles. The largest absolute Gasteiger partial charge is 0.494 e. The topological polar surface area (TPSA) is 112 Å². The first kappa shape index (κ1) is 24.3. The number of carbonyl (C=O) groups is 2. The minimum atomic E-state index is -0.124. The van der Waals surface area contributed by atoms with Gasteiger partial charge in [0.25, 0.3) is 0 Å². The first-order chi connectivity index (χ1) is 17.7. The lowest BCUT2D eigenvalue weighted by Gasteiger charge is -2.30. The van der Waals surface area contributed by atoms with E-state index in [9.17, 15) is 9.59 Å². The van der Waals surface area contributed by atoms with Crippen LogP contribution in [0.25, 0.3) is 0 Å². The number of methoxy groups -OCH3 is 1. The van der Waals surface area contributed by atoms with Crippen LogP contribution in [-0.4, -0.2) is 68.2 Å². The Morgan fingerprint density at radius 3 is 2.69 bits per heavy atom. The van der Waals surface area contributed by atoms with Crippen molar-refractivity contribution >= 4 is 35.5 Å². The molecule has 3 fully saturated rings. The third-order valence-electron chi connectivity index (χ3n) is 7.46. The monoisotopic (exact) mass is 493 g/mol. The lowest BCUT2D eigenvalue weighted by Crippen LogP contribution is -2.43. The molecule has 36 heavy (non-hydrogen) atoms. The fourth-order valence-corrected chi connectivity index (χ4v) is 5.45. The van der Waals surface area contributed by atoms with E-state index in [1.165, 1.54) is 0 Å². The van der Waals surface area contributed by atoms with Crippen LogP contribution in [0.3, 0.4) is 0 Å². The molecule has 3 N–H and O–H groups in total. The summed E-state index contributed by atoms with van der Waals surface area (Å²) in [7, 11) is 1.65. The normalized spacial score (nSPS) is 20.3. The zero-order valence-electron chi connectivity index (χ0n) is 20.8. The lowest BCUT2D eigenvalue weighted by molar-refractivity contribution is -0.122. The molecule has 3 heterocycles. The molecule has 2 saturated heterocycles. The van der Waals surface area contributed by atoms with Gasteiger partial charge in [0.1, 0.15) is 11.6 Å². The fraction of sp³-hybridized carbons (Fsp3) is 0.538. The zero-order valence-corrected chi connectivity index (χ0v) is 20.8. The average molecular weight is 494 g/mol. The van der Waals surface area contributed by atoms with Crippen molar-refractivity contribution in [2.24, 2.45) is 5.92 Å². The summed E-state index contributed by atoms with van der Waals surface area (Å²) < 4.78 is 5.68. The third-order valence-corrected chi connectivity index (χ3v) is 7.46. The molecule has 1 atom stereocenters. The Morgan fingerprint density at radius 2 is 2.00 bits per heavy atom. The summed E-state index contributed by atoms with van der Waals surface area (Å²) in [6.07, 6.45) is 8.03. The van der Waals surface area contributed by atoms with Crippen LogP contribution < -0.4 is 30.5 Å². The Balaban J connectivity index is 1.43. The molecule has 3 aliphatic rings. The molecule has 192 valence electrons. The molecule has 2 aliphatic heterocycles. The number of amides is 2. The van der Waals surface area contributed by atoms with Crippen molar-refractivity contribution in [2.45, 2.75) is 44.6 Å². The molecule has 2 amide bonds. The Bertz CT molecular complexity index is 1080. The van der Waals surface area contributed by atoms with Crippen LogP contribution in [0.1, 0.15) is 37.7 Å². The van der Waals surface area contributed by atoms with Crippen molar-refractivity contribution in [3.8, 4) is 5.75 Å². The highest BCUT2D eigenvalue weighted by Crippen LogP contribution is 2.34. The summed E-state index contributed by atoms with van der Waals surface area (Å²) in [4.78, 5) is 37.9. The van der Waals surface area contributed by atoms with Crippen molar-refractivity contribution in [2.75, 3.05) is 55.0 Å². The zero-order chi connectivity index (χ0) is 24.9. The highest BCUT2D eigenvalue weighted by Gasteiger charge is 2.30. The van der Waals surface area contributed by atoms with Crippen LogP contribution in [0.4, 0.5) is 23.1 Å². The molecule has 1 aliphatic carbocycles. The van der Waals surface area contributed by atoms with Gasteiger partial charge in [-0.1, -0.05) is 12.8 Å². The summed E-state index contributed by atoms with van der Waals surface area (Å²) >= 11 is 0. The van der Waals surface area contributed by atoms with E-state index in [4.69, 9.17) is 9.72 Å². The minimum Gasteiger partial charge on any atom is -0.494 e. The molecule has 1 unspecified atom stereocenters. The van der Waals surface area contributed by atoms with E-state index < -0.39 is 0 Å². The van der Waals surface area contributed by atoms with Crippen molar-refractivity contribution in [3.63, 3.8) is 0 Å². The van der Waals surface area contributed by atoms with Crippen LogP contribution in [0.5, 0.6) is 5.75 Å². The summed E-state index contributed by atoms with van der Waals surface area (Å²) in [5, 5.41) is 9.56. The number of piperazine rings is 1. The molecule has 2 aromatic rings. The number of carbonyl (C=O) groups excluding carboxylic acids is 2. The standard InChI is InChI=1S/C26H35N7O3/c1-36-23-15-21(32-12-10-27-11-13-32)6-7-22(23)30-26-29-16-19(14-18-8-9-28-25(18)35)24(31-26)33(17-34)20-4-2-3-5-20/h6-7,15-18,20,27H,2-5,8-14H2,1H3,(H,28,35)(H,29,30,31). The molecule has 0 radical (unpaired) electrons. The summed E-state index contributed by atoms with van der Waals surface area (Å²) in [6.45, 7) is 4.50. The average Bonchev–Trinajstić information content (AvgIpc) is 3.59. The number of nitrogens with one attached hydrogen (secondary N) is 3. The van der Waals surface area contributed by atoms with E-state index >= 15 is 0 Å². The van der Waals surface area contributed by atoms with E-state index in [-0.39, 0.29) is 17.9 Å². The van der Waals surface area contributed by atoms with E-state index in [0.29, 0.717) is 30.5 Å². The highest BCUT2D eigenvalue weighted by atomic mass is 16.5. The Labute approximate surface area is 211 Å². The maximum absolute atomic E-state index is 12.2. The molecule has 10 heteroatoms. The van der Waals surface area contributed by atoms with E-state index in [0.717, 1.165) is 81.6 Å². The van der Waals surface area contributed by atoms with Gasteiger partial charge in [-0.15, -0.1) is 0 Å². The first-order valence-electron chi connectivity index (χ1n) is 12.9. The predicted octanol–water partition coefficient (Wildman–Crippen LogP) is 2.22. The van der Waals surface area contributed by atoms with Gasteiger partial charge in [0, 0.05) is 68.2 Å². The molecular formula is C26H35N7O3. The van der Waals surface area contributed by atoms with Gasteiger partial charge in [-0.3, -0.25) is 14.5 Å². The SMILES string of the molecule is COc1cc(N2CCNCC2)ccc1Nc1ncc(CC2CCNC2=O)c(N(C=O)C2CCCC2)n1. The van der Waals surface area contributed by atoms with E-state index in [1.807, 2.05) is 12.1 Å². The van der Waals surface area contributed by atoms with Gasteiger partial charge < -0.3 is 25.6 Å². The van der Waals surface area contributed by atoms with Gasteiger partial charge in [0.15, 0.2) is 0 Å². The Kier molecular flexibility index (Phi) is 7.50. The number of aromatic nitrogens is 2. The minimum absolute atomic E-state index is 0.0518. The maximum atomic E-state index is 12.2. The second kappa shape index (κ2) is 11.1. The highest BCUT2D eigenvalue weighted by molar-refractivity contribution is 5.82. The van der Waals surface area contributed by atoms with Crippen LogP contribution in [-0.2, 0) is 16.0 Å². The van der Waals surface area contributed by atoms with Crippen LogP contribution >= 0.6 is 0 Å². The molecular weight excluding hydrogens is 458 g/mol. The molecule has 0 spiro atoms. The number of rotatable bonds is 9. The van der Waals surface area contributed by atoms with E-state index in [2.05, 4.69) is 31.9 Å². The smallest absolute Gasteiger partial charge is 0.229 e. The van der Waals surface area contributed by atoms with Crippen LogP contribution in [0.2, 0.25) is 0 Å². The van der Waals surface area contributed by atoms with Crippen LogP contribution in [0.15, 0.2) is 24.4 Å². The molecule has 1 saturated carbocycles. The van der Waals surface area contributed by atoms with Crippen molar-refractivity contribution in [1.29, 1.82) is 0 Å². The predicted molar refractivity (Wildman–Crippen MR) is 139 cm³/mol. The number of hydrogen-bond donors (Lipinski definition) is 3. The lowest BCUT2D eigenvalue weighted by atomic mass is 9.99. The van der Waals surface area contributed by atoms with E-state index in [1.54, 1.807) is 18.2 Å². The second-order valence-electron chi connectivity index (χ2n) is 9.72. The number of anilines is 4. The molecule has 5 rings (SSSR count). The van der Waals surface area contributed by atoms with Gasteiger partial charge in [0.05, 0.1) is 12.8 Å². The third kappa shape index (κ3) is 5.23. The second-order valence-corrected chi connectivity index (χ2v) is 9.72. The van der Waals surface area contributed by atoms with Crippen LogP contribution in [0, 0.1) is 5.92 Å². The van der Waals surface area contributed by atoms with Crippen molar-refractivity contribution in [3.05, 3.63) is 30.0 Å². The number of ether oxygens (including phenoxy) is 1. The quantitative estimate of drug-likeness (QED) is 0.456. The summed E-state index contributed by atoms with van der Waals surface area (Å²) in [6, 6.07) is 6.19. The van der Waals surface area contributed by atoms with Gasteiger partial charge in [-0.25, -0.2) is 4.98 Å². The maximum Gasteiger partial charge on any atom is 0.229 e. The molecule has 1 aromatic heterocycles. The Hall–Kier alpha value is -3.40. The summed E-state index contributed by atoms with van der Waals surface area (Å²) in [5.74, 6) is 1.61. The van der Waals surface area contributed by atoms with Gasteiger partial charge in [-0.05, 0) is 37.8 Å². The molecule has 10 nitrogen and oxygen atoms in total. The van der Waals surface area contributed by atoms with Gasteiger partial charge in [-0.2, -0.15) is 4.98 Å². The van der Waals surface area contributed by atoms with Gasteiger partial charge >= 0.3 is 0 Å².